The highest BCUT2D eigenvalue weighted by molar-refractivity contribution is 6.02. The number of hydrogen-bond donors (Lipinski definition) is 2. The third-order valence-electron chi connectivity index (χ3n) is 3.04. The van der Waals surface area contributed by atoms with E-state index in [0.717, 1.165) is 24.1 Å². The topological polar surface area (TPSA) is 68.0 Å². The van der Waals surface area contributed by atoms with Gasteiger partial charge in [0, 0.05) is 18.4 Å². The number of nitrogens with one attached hydrogen (secondary N) is 1. The van der Waals surface area contributed by atoms with Gasteiger partial charge in [-0.05, 0) is 41.8 Å². The maximum atomic E-state index is 12.1. The molecule has 0 bridgehead atoms. The molecule has 0 fully saturated rings. The molecule has 0 aliphatic carbocycles. The number of nitrogens with zero attached hydrogens (tertiary/aromatic N) is 1. The molecule has 1 amide bonds. The second-order valence-corrected chi connectivity index (χ2v) is 4.65. The van der Waals surface area contributed by atoms with Crippen LogP contribution in [0.15, 0.2) is 42.6 Å². The Morgan fingerprint density at radius 2 is 1.95 bits per heavy atom. The molecular weight excluding hydrogens is 250 g/mol. The van der Waals surface area contributed by atoms with E-state index in [-0.39, 0.29) is 5.91 Å². The van der Waals surface area contributed by atoms with Crippen LogP contribution in [-0.2, 0) is 13.0 Å². The van der Waals surface area contributed by atoms with E-state index in [1.165, 1.54) is 5.56 Å². The maximum Gasteiger partial charge on any atom is 0.274 e. The second-order valence-electron chi connectivity index (χ2n) is 4.65. The van der Waals surface area contributed by atoms with Gasteiger partial charge < -0.3 is 11.1 Å². The Morgan fingerprint density at radius 3 is 2.60 bits per heavy atom. The third-order valence-corrected chi connectivity index (χ3v) is 3.04. The van der Waals surface area contributed by atoms with E-state index in [2.05, 4.69) is 17.2 Å². The van der Waals surface area contributed by atoms with Crippen LogP contribution in [-0.4, -0.2) is 10.9 Å². The van der Waals surface area contributed by atoms with Crippen LogP contribution < -0.4 is 11.1 Å². The van der Waals surface area contributed by atoms with Crippen LogP contribution in [0.25, 0.3) is 0 Å². The van der Waals surface area contributed by atoms with Crippen LogP contribution in [0.5, 0.6) is 0 Å². The minimum atomic E-state index is -0.219. The quantitative estimate of drug-likeness (QED) is 0.877. The summed E-state index contributed by atoms with van der Waals surface area (Å²) in [4.78, 5) is 16.1. The Labute approximate surface area is 119 Å². The number of anilines is 1. The highest BCUT2D eigenvalue weighted by Crippen LogP contribution is 2.12. The number of pyridine rings is 1. The standard InChI is InChI=1S/C16H19N3O/c1-2-3-12-4-6-14(7-5-12)19-16(20)15-10-13(11-17)8-9-18-15/h4-10H,2-3,11,17H2,1H3,(H,19,20). The number of nitrogens with two attached hydrogens (primary N) is 1. The van der Waals surface area contributed by atoms with E-state index in [9.17, 15) is 4.79 Å². The molecule has 104 valence electrons. The van der Waals surface area contributed by atoms with Crippen LogP contribution in [0.1, 0.15) is 35.0 Å². The summed E-state index contributed by atoms with van der Waals surface area (Å²) in [6, 6.07) is 11.4. The lowest BCUT2D eigenvalue weighted by Gasteiger charge is -2.06. The average molecular weight is 269 g/mol. The summed E-state index contributed by atoms with van der Waals surface area (Å²) >= 11 is 0. The highest BCUT2D eigenvalue weighted by atomic mass is 16.1. The zero-order valence-electron chi connectivity index (χ0n) is 11.6. The lowest BCUT2D eigenvalue weighted by molar-refractivity contribution is 0.102. The smallest absolute Gasteiger partial charge is 0.274 e. The maximum absolute atomic E-state index is 12.1. The van der Waals surface area contributed by atoms with Crippen LogP contribution in [0, 0.1) is 0 Å². The first-order valence-corrected chi connectivity index (χ1v) is 6.78. The van der Waals surface area contributed by atoms with E-state index in [1.54, 1.807) is 18.3 Å². The van der Waals surface area contributed by atoms with Gasteiger partial charge in [0.15, 0.2) is 0 Å². The number of amides is 1. The van der Waals surface area contributed by atoms with Crippen molar-refractivity contribution < 1.29 is 4.79 Å². The van der Waals surface area contributed by atoms with Gasteiger partial charge >= 0.3 is 0 Å². The van der Waals surface area contributed by atoms with Gasteiger partial charge in [0.05, 0.1) is 0 Å². The fraction of sp³-hybridized carbons (Fsp3) is 0.250. The molecule has 1 aromatic carbocycles. The summed E-state index contributed by atoms with van der Waals surface area (Å²) in [5, 5.41) is 2.84. The van der Waals surface area contributed by atoms with E-state index in [1.807, 2.05) is 24.3 Å². The summed E-state index contributed by atoms with van der Waals surface area (Å²) < 4.78 is 0. The van der Waals surface area contributed by atoms with Crippen LogP contribution >= 0.6 is 0 Å². The van der Waals surface area contributed by atoms with Crippen molar-refractivity contribution in [3.63, 3.8) is 0 Å². The molecule has 1 aromatic heterocycles. The van der Waals surface area contributed by atoms with E-state index in [0.29, 0.717) is 12.2 Å². The number of rotatable bonds is 5. The van der Waals surface area contributed by atoms with Gasteiger partial charge in [0.1, 0.15) is 5.69 Å². The normalized spacial score (nSPS) is 10.3. The summed E-state index contributed by atoms with van der Waals surface area (Å²) in [6.45, 7) is 2.54. The average Bonchev–Trinajstić information content (AvgIpc) is 2.49. The third kappa shape index (κ3) is 3.65. The number of carbonyl (C=O) groups is 1. The number of benzene rings is 1. The molecule has 0 radical (unpaired) electrons. The molecular formula is C16H19N3O. The van der Waals surface area contributed by atoms with Gasteiger partial charge in [-0.25, -0.2) is 0 Å². The lowest BCUT2D eigenvalue weighted by atomic mass is 10.1. The van der Waals surface area contributed by atoms with Crippen molar-refractivity contribution in [1.29, 1.82) is 0 Å². The molecule has 0 saturated heterocycles. The predicted octanol–water partition coefficient (Wildman–Crippen LogP) is 2.75. The van der Waals surface area contributed by atoms with Crippen molar-refractivity contribution in [2.75, 3.05) is 5.32 Å². The first kappa shape index (κ1) is 14.2. The Morgan fingerprint density at radius 1 is 1.20 bits per heavy atom. The number of aryl methyl sites for hydroxylation is 1. The Hall–Kier alpha value is -2.20. The first-order chi connectivity index (χ1) is 9.72. The van der Waals surface area contributed by atoms with Crippen molar-refractivity contribution >= 4 is 11.6 Å². The Bertz CT molecular complexity index is 579. The molecule has 0 saturated carbocycles. The van der Waals surface area contributed by atoms with Crippen molar-refractivity contribution in [3.05, 3.63) is 59.4 Å². The van der Waals surface area contributed by atoms with Gasteiger partial charge in [-0.15, -0.1) is 0 Å². The molecule has 0 aliphatic rings. The highest BCUT2D eigenvalue weighted by Gasteiger charge is 2.08. The molecule has 0 atom stereocenters. The molecule has 4 heteroatoms. The second kappa shape index (κ2) is 6.82. The molecule has 0 aliphatic heterocycles. The fourth-order valence-electron chi connectivity index (χ4n) is 1.96. The Kier molecular flexibility index (Phi) is 4.85. The van der Waals surface area contributed by atoms with Crippen molar-refractivity contribution in [3.8, 4) is 0 Å². The minimum absolute atomic E-state index is 0.219. The molecule has 2 rings (SSSR count). The molecule has 2 aromatic rings. The largest absolute Gasteiger partial charge is 0.326 e. The Balaban J connectivity index is 2.06. The van der Waals surface area contributed by atoms with Crippen molar-refractivity contribution in [2.45, 2.75) is 26.3 Å². The molecule has 0 unspecified atom stereocenters. The lowest BCUT2D eigenvalue weighted by Crippen LogP contribution is -2.14. The fourth-order valence-corrected chi connectivity index (χ4v) is 1.96. The summed E-state index contributed by atoms with van der Waals surface area (Å²) in [5.74, 6) is -0.219. The zero-order valence-corrected chi connectivity index (χ0v) is 11.6. The molecule has 4 nitrogen and oxygen atoms in total. The van der Waals surface area contributed by atoms with Gasteiger partial charge in [-0.2, -0.15) is 0 Å². The number of aromatic nitrogens is 1. The van der Waals surface area contributed by atoms with Gasteiger partial charge in [0.25, 0.3) is 5.91 Å². The van der Waals surface area contributed by atoms with E-state index < -0.39 is 0 Å². The SMILES string of the molecule is CCCc1ccc(NC(=O)c2cc(CN)ccn2)cc1. The van der Waals surface area contributed by atoms with Crippen molar-refractivity contribution in [1.82, 2.24) is 4.98 Å². The number of hydrogen-bond acceptors (Lipinski definition) is 3. The monoisotopic (exact) mass is 269 g/mol. The summed E-state index contributed by atoms with van der Waals surface area (Å²) in [7, 11) is 0. The van der Waals surface area contributed by atoms with Gasteiger partial charge in [-0.1, -0.05) is 25.5 Å². The van der Waals surface area contributed by atoms with Gasteiger partial charge in [0.2, 0.25) is 0 Å². The van der Waals surface area contributed by atoms with Crippen LogP contribution in [0.2, 0.25) is 0 Å². The van der Waals surface area contributed by atoms with Crippen LogP contribution in [0.4, 0.5) is 5.69 Å². The summed E-state index contributed by atoms with van der Waals surface area (Å²) in [6.07, 6.45) is 3.76. The van der Waals surface area contributed by atoms with Gasteiger partial charge in [-0.3, -0.25) is 9.78 Å². The first-order valence-electron chi connectivity index (χ1n) is 6.78. The number of carbonyl (C=O) groups excluding carboxylic acids is 1. The molecule has 3 N–H and O–H groups in total. The predicted molar refractivity (Wildman–Crippen MR) is 80.5 cm³/mol. The molecule has 20 heavy (non-hydrogen) atoms. The molecule has 0 spiro atoms. The minimum Gasteiger partial charge on any atom is -0.326 e. The zero-order chi connectivity index (χ0) is 14.4. The van der Waals surface area contributed by atoms with Crippen LogP contribution in [0.3, 0.4) is 0 Å². The van der Waals surface area contributed by atoms with Crippen molar-refractivity contribution in [2.24, 2.45) is 5.73 Å². The van der Waals surface area contributed by atoms with E-state index in [4.69, 9.17) is 5.73 Å². The van der Waals surface area contributed by atoms with E-state index >= 15 is 0 Å². The molecule has 1 heterocycles. The summed E-state index contributed by atoms with van der Waals surface area (Å²) in [5.41, 5.74) is 8.87.